The summed E-state index contributed by atoms with van der Waals surface area (Å²) in [5.41, 5.74) is 4.55. The molecule has 1 saturated heterocycles. The number of ether oxygens (including phenoxy) is 1. The van der Waals surface area contributed by atoms with Crippen molar-refractivity contribution >= 4 is 18.0 Å². The molecule has 2 amide bonds. The molecule has 2 atom stereocenters. The molecule has 7 nitrogen and oxygen atoms in total. The highest BCUT2D eigenvalue weighted by Crippen LogP contribution is 2.44. The Balaban J connectivity index is 1.46. The van der Waals surface area contributed by atoms with Crippen LogP contribution in [0.1, 0.15) is 43.2 Å². The van der Waals surface area contributed by atoms with Crippen molar-refractivity contribution in [1.29, 1.82) is 0 Å². The van der Waals surface area contributed by atoms with E-state index >= 15 is 0 Å². The molecule has 31 heavy (non-hydrogen) atoms. The van der Waals surface area contributed by atoms with E-state index in [-0.39, 0.29) is 12.5 Å². The molecule has 1 heterocycles. The van der Waals surface area contributed by atoms with Crippen molar-refractivity contribution in [2.24, 2.45) is 0 Å². The van der Waals surface area contributed by atoms with Gasteiger partial charge in [-0.25, -0.2) is 4.79 Å². The quantitative estimate of drug-likeness (QED) is 0.770. The second-order valence-electron chi connectivity index (χ2n) is 8.08. The van der Waals surface area contributed by atoms with Crippen LogP contribution in [0.15, 0.2) is 48.5 Å². The van der Waals surface area contributed by atoms with Crippen molar-refractivity contribution in [3.63, 3.8) is 0 Å². The zero-order valence-corrected chi connectivity index (χ0v) is 17.4. The van der Waals surface area contributed by atoms with E-state index < -0.39 is 30.1 Å². The molecule has 1 aliphatic heterocycles. The summed E-state index contributed by atoms with van der Waals surface area (Å²) in [5.74, 6) is -1.62. The smallest absolute Gasteiger partial charge is 0.410 e. The van der Waals surface area contributed by atoms with Gasteiger partial charge < -0.3 is 15.2 Å². The van der Waals surface area contributed by atoms with Crippen LogP contribution in [0.2, 0.25) is 0 Å². The van der Waals surface area contributed by atoms with Gasteiger partial charge in [-0.05, 0) is 48.4 Å². The van der Waals surface area contributed by atoms with Gasteiger partial charge in [0.25, 0.3) is 0 Å². The van der Waals surface area contributed by atoms with Gasteiger partial charge in [0.1, 0.15) is 18.7 Å². The third-order valence-corrected chi connectivity index (χ3v) is 6.11. The number of carbonyl (C=O) groups is 3. The number of amides is 2. The van der Waals surface area contributed by atoms with E-state index in [0.29, 0.717) is 13.0 Å². The maximum absolute atomic E-state index is 12.9. The van der Waals surface area contributed by atoms with Crippen molar-refractivity contribution in [3.8, 4) is 11.1 Å². The number of likely N-dealkylation sites (tertiary alicyclic amines) is 1. The zero-order chi connectivity index (χ0) is 22.0. The van der Waals surface area contributed by atoms with Gasteiger partial charge in [-0.2, -0.15) is 0 Å². The monoisotopic (exact) mass is 422 g/mol. The maximum Gasteiger partial charge on any atom is 0.410 e. The van der Waals surface area contributed by atoms with Gasteiger partial charge >= 0.3 is 12.1 Å². The summed E-state index contributed by atoms with van der Waals surface area (Å²) < 4.78 is 5.70. The molecule has 0 aromatic heterocycles. The van der Waals surface area contributed by atoms with E-state index in [1.807, 2.05) is 24.3 Å². The number of fused-ring (bicyclic) bond motifs is 3. The number of carboxylic acids is 1. The molecule has 0 spiro atoms. The van der Waals surface area contributed by atoms with Crippen molar-refractivity contribution < 1.29 is 24.2 Å². The molecule has 2 aromatic carbocycles. The Morgan fingerprint density at radius 2 is 1.68 bits per heavy atom. The lowest BCUT2D eigenvalue weighted by Gasteiger charge is -2.34. The first kappa shape index (κ1) is 20.9. The molecule has 2 aromatic rings. The molecule has 2 N–H and O–H groups in total. The number of piperidine rings is 1. The van der Waals surface area contributed by atoms with Gasteiger partial charge in [-0.3, -0.25) is 14.5 Å². The van der Waals surface area contributed by atoms with Crippen molar-refractivity contribution in [1.82, 2.24) is 10.2 Å². The molecule has 4 rings (SSSR count). The van der Waals surface area contributed by atoms with Crippen LogP contribution in [0.5, 0.6) is 0 Å². The van der Waals surface area contributed by atoms with Gasteiger partial charge in [0.15, 0.2) is 0 Å². The Bertz CT molecular complexity index is 959. The molecule has 0 bridgehead atoms. The number of benzene rings is 2. The van der Waals surface area contributed by atoms with Gasteiger partial charge in [0.2, 0.25) is 5.91 Å². The Morgan fingerprint density at radius 1 is 1.06 bits per heavy atom. The normalized spacial score (nSPS) is 18.6. The fraction of sp³-hybridized carbons (Fsp3) is 0.375. The SMILES string of the molecule is C[C@@H](NC(=O)[C@@H]1CCCCN1C(=O)OCC1c2ccccc2-c2ccccc21)C(=O)O. The zero-order valence-electron chi connectivity index (χ0n) is 17.4. The molecule has 0 radical (unpaired) electrons. The lowest BCUT2D eigenvalue weighted by molar-refractivity contribution is -0.142. The van der Waals surface area contributed by atoms with E-state index in [9.17, 15) is 14.4 Å². The number of carbonyl (C=O) groups excluding carboxylic acids is 2. The second kappa shape index (κ2) is 8.79. The first-order chi connectivity index (χ1) is 15.0. The summed E-state index contributed by atoms with van der Waals surface area (Å²) in [6, 6.07) is 14.5. The maximum atomic E-state index is 12.9. The predicted molar refractivity (Wildman–Crippen MR) is 115 cm³/mol. The van der Waals surface area contributed by atoms with E-state index in [0.717, 1.165) is 35.1 Å². The number of hydrogen-bond acceptors (Lipinski definition) is 4. The number of nitrogens with zero attached hydrogens (tertiary/aromatic N) is 1. The van der Waals surface area contributed by atoms with Crippen LogP contribution in [0, 0.1) is 0 Å². The first-order valence-electron chi connectivity index (χ1n) is 10.6. The summed E-state index contributed by atoms with van der Waals surface area (Å²) >= 11 is 0. The number of hydrogen-bond donors (Lipinski definition) is 2. The van der Waals surface area contributed by atoms with Crippen LogP contribution in [0.25, 0.3) is 11.1 Å². The minimum Gasteiger partial charge on any atom is -0.480 e. The second-order valence-corrected chi connectivity index (χ2v) is 8.08. The third-order valence-electron chi connectivity index (χ3n) is 6.11. The van der Waals surface area contributed by atoms with E-state index in [4.69, 9.17) is 9.84 Å². The number of nitrogens with one attached hydrogen (secondary N) is 1. The number of carboxylic acid groups (broad SMARTS) is 1. The van der Waals surface area contributed by atoms with Gasteiger partial charge in [-0.1, -0.05) is 48.5 Å². The van der Waals surface area contributed by atoms with Crippen molar-refractivity contribution in [2.75, 3.05) is 13.2 Å². The molecule has 2 aliphatic rings. The molecular formula is C24H26N2O5. The summed E-state index contributed by atoms with van der Waals surface area (Å²) in [6.07, 6.45) is 1.53. The molecule has 7 heteroatoms. The molecule has 1 fully saturated rings. The lowest BCUT2D eigenvalue weighted by atomic mass is 9.98. The summed E-state index contributed by atoms with van der Waals surface area (Å²) in [5, 5.41) is 11.5. The first-order valence-corrected chi connectivity index (χ1v) is 10.6. The van der Waals surface area contributed by atoms with Gasteiger partial charge in [0.05, 0.1) is 0 Å². The molecule has 162 valence electrons. The minimum atomic E-state index is -1.11. The Morgan fingerprint density at radius 3 is 2.29 bits per heavy atom. The topological polar surface area (TPSA) is 95.9 Å². The summed E-state index contributed by atoms with van der Waals surface area (Å²) in [4.78, 5) is 38.0. The number of rotatable bonds is 5. The highest BCUT2D eigenvalue weighted by molar-refractivity contribution is 5.89. The average molecular weight is 422 g/mol. The Hall–Kier alpha value is -3.35. The predicted octanol–water partition coefficient (Wildman–Crippen LogP) is 3.38. The van der Waals surface area contributed by atoms with E-state index in [2.05, 4.69) is 29.6 Å². The van der Waals surface area contributed by atoms with Crippen LogP contribution in [-0.4, -0.2) is 53.2 Å². The van der Waals surface area contributed by atoms with E-state index in [1.165, 1.54) is 11.8 Å². The lowest BCUT2D eigenvalue weighted by Crippen LogP contribution is -2.54. The highest BCUT2D eigenvalue weighted by Gasteiger charge is 2.35. The number of aliphatic carboxylic acids is 1. The van der Waals surface area contributed by atoms with Gasteiger partial charge in [-0.15, -0.1) is 0 Å². The highest BCUT2D eigenvalue weighted by atomic mass is 16.6. The molecule has 0 unspecified atom stereocenters. The van der Waals surface area contributed by atoms with Crippen molar-refractivity contribution in [2.45, 2.75) is 44.2 Å². The fourth-order valence-electron chi connectivity index (χ4n) is 4.47. The Labute approximate surface area is 181 Å². The molecule has 0 saturated carbocycles. The molecule has 1 aliphatic carbocycles. The van der Waals surface area contributed by atoms with Crippen LogP contribution in [0.4, 0.5) is 4.79 Å². The van der Waals surface area contributed by atoms with Crippen LogP contribution in [-0.2, 0) is 14.3 Å². The Kier molecular flexibility index (Phi) is 5.93. The van der Waals surface area contributed by atoms with E-state index in [1.54, 1.807) is 0 Å². The van der Waals surface area contributed by atoms with Gasteiger partial charge in [0, 0.05) is 12.5 Å². The van der Waals surface area contributed by atoms with Crippen LogP contribution in [0.3, 0.4) is 0 Å². The summed E-state index contributed by atoms with van der Waals surface area (Å²) in [6.45, 7) is 2.00. The third kappa shape index (κ3) is 4.13. The fourth-order valence-corrected chi connectivity index (χ4v) is 4.47. The summed E-state index contributed by atoms with van der Waals surface area (Å²) in [7, 11) is 0. The van der Waals surface area contributed by atoms with Crippen LogP contribution >= 0.6 is 0 Å². The average Bonchev–Trinajstić information content (AvgIpc) is 3.11. The standard InChI is InChI=1S/C24H26N2O5/c1-15(23(28)29)25-22(27)21-12-6-7-13-26(21)24(30)31-14-20-18-10-4-2-8-16(18)17-9-3-5-11-19(17)20/h2-5,8-11,15,20-21H,6-7,12-14H2,1H3,(H,25,27)(H,28,29)/t15-,21+/m1/s1. The molecular weight excluding hydrogens is 396 g/mol. The van der Waals surface area contributed by atoms with Crippen molar-refractivity contribution in [3.05, 3.63) is 59.7 Å². The minimum absolute atomic E-state index is 0.0551. The largest absolute Gasteiger partial charge is 0.480 e. The van der Waals surface area contributed by atoms with Crippen LogP contribution < -0.4 is 5.32 Å².